The molecular formula is C16H24N2O2S. The number of thiocarbonyl (C=S) groups is 1. The highest BCUT2D eigenvalue weighted by Crippen LogP contribution is 2.24. The average Bonchev–Trinajstić information content (AvgIpc) is 2.44. The predicted octanol–water partition coefficient (Wildman–Crippen LogP) is 3.72. The third-order valence-corrected chi connectivity index (χ3v) is 2.92. The number of hydrogen-bond acceptors (Lipinski definition) is 3. The molecule has 1 aromatic rings. The summed E-state index contributed by atoms with van der Waals surface area (Å²) in [5.41, 5.74) is 0.763. The molecule has 0 atom stereocenters. The molecule has 116 valence electrons. The molecule has 0 spiro atoms. The molecule has 0 radical (unpaired) electrons. The lowest BCUT2D eigenvalue weighted by Crippen LogP contribution is -2.34. The normalized spacial score (nSPS) is 10.3. The summed E-state index contributed by atoms with van der Waals surface area (Å²) in [4.78, 5) is 11.6. The van der Waals surface area contributed by atoms with Crippen molar-refractivity contribution in [2.45, 2.75) is 40.0 Å². The van der Waals surface area contributed by atoms with E-state index in [1.165, 1.54) is 0 Å². The number of rotatable bonds is 7. The molecule has 5 heteroatoms. The molecule has 0 heterocycles. The van der Waals surface area contributed by atoms with Crippen molar-refractivity contribution in [2.24, 2.45) is 5.92 Å². The first-order valence-electron chi connectivity index (χ1n) is 7.35. The Morgan fingerprint density at radius 1 is 1.33 bits per heavy atom. The van der Waals surface area contributed by atoms with Gasteiger partial charge in [0.05, 0.1) is 12.3 Å². The van der Waals surface area contributed by atoms with Gasteiger partial charge >= 0.3 is 0 Å². The number of anilines is 1. The van der Waals surface area contributed by atoms with Crippen LogP contribution in [0.25, 0.3) is 0 Å². The van der Waals surface area contributed by atoms with Gasteiger partial charge in [0.1, 0.15) is 5.75 Å². The van der Waals surface area contributed by atoms with E-state index in [-0.39, 0.29) is 5.91 Å². The number of ether oxygens (including phenoxy) is 1. The fraction of sp³-hybridized carbons (Fsp3) is 0.500. The van der Waals surface area contributed by atoms with Gasteiger partial charge in [-0.3, -0.25) is 4.79 Å². The molecule has 0 fully saturated rings. The molecule has 4 nitrogen and oxygen atoms in total. The topological polar surface area (TPSA) is 50.4 Å². The number of para-hydroxylation sites is 2. The number of nitrogens with one attached hydrogen (secondary N) is 2. The van der Waals surface area contributed by atoms with E-state index in [4.69, 9.17) is 17.0 Å². The Labute approximate surface area is 132 Å². The molecule has 0 unspecified atom stereocenters. The van der Waals surface area contributed by atoms with Gasteiger partial charge in [-0.2, -0.15) is 0 Å². The van der Waals surface area contributed by atoms with E-state index < -0.39 is 0 Å². The number of hydrogen-bond donors (Lipinski definition) is 2. The minimum Gasteiger partial charge on any atom is -0.491 e. The molecule has 0 aromatic heterocycles. The van der Waals surface area contributed by atoms with Crippen LogP contribution >= 0.6 is 12.2 Å². The van der Waals surface area contributed by atoms with Crippen LogP contribution in [0.15, 0.2) is 24.3 Å². The average molecular weight is 308 g/mol. The third kappa shape index (κ3) is 7.09. The minimum atomic E-state index is -0.0603. The van der Waals surface area contributed by atoms with E-state index in [0.717, 1.165) is 24.3 Å². The highest BCUT2D eigenvalue weighted by atomic mass is 32.1. The van der Waals surface area contributed by atoms with Crippen molar-refractivity contribution in [3.8, 4) is 5.75 Å². The van der Waals surface area contributed by atoms with Crippen molar-refractivity contribution in [1.29, 1.82) is 0 Å². The number of carbonyl (C=O) groups is 1. The zero-order valence-corrected chi connectivity index (χ0v) is 13.8. The van der Waals surface area contributed by atoms with Crippen molar-refractivity contribution in [1.82, 2.24) is 5.32 Å². The zero-order valence-electron chi connectivity index (χ0n) is 12.9. The van der Waals surface area contributed by atoms with E-state index in [2.05, 4.69) is 24.5 Å². The SMILES string of the molecule is CCCCC(=O)NC(=S)Nc1ccccc1OCC(C)C. The van der Waals surface area contributed by atoms with Crippen LogP contribution in [0.2, 0.25) is 0 Å². The van der Waals surface area contributed by atoms with Crippen LogP contribution < -0.4 is 15.4 Å². The monoisotopic (exact) mass is 308 g/mol. The van der Waals surface area contributed by atoms with Crippen LogP contribution in [0, 0.1) is 5.92 Å². The van der Waals surface area contributed by atoms with Crippen LogP contribution in [-0.4, -0.2) is 17.6 Å². The molecule has 0 aliphatic heterocycles. The summed E-state index contributed by atoms with van der Waals surface area (Å²) in [6.07, 6.45) is 2.34. The predicted molar refractivity (Wildman–Crippen MR) is 90.7 cm³/mol. The Morgan fingerprint density at radius 3 is 2.71 bits per heavy atom. The molecule has 1 amide bonds. The van der Waals surface area contributed by atoms with Crippen LogP contribution in [0.4, 0.5) is 5.69 Å². The molecule has 0 aliphatic carbocycles. The summed E-state index contributed by atoms with van der Waals surface area (Å²) in [6, 6.07) is 7.56. The van der Waals surface area contributed by atoms with Crippen LogP contribution in [0.1, 0.15) is 40.0 Å². The smallest absolute Gasteiger partial charge is 0.226 e. The fourth-order valence-electron chi connectivity index (χ4n) is 1.63. The maximum absolute atomic E-state index is 11.6. The molecule has 21 heavy (non-hydrogen) atoms. The lowest BCUT2D eigenvalue weighted by atomic mass is 10.2. The molecular weight excluding hydrogens is 284 g/mol. The van der Waals surface area contributed by atoms with Crippen molar-refractivity contribution >= 4 is 28.9 Å². The highest BCUT2D eigenvalue weighted by molar-refractivity contribution is 7.80. The Hall–Kier alpha value is -1.62. The summed E-state index contributed by atoms with van der Waals surface area (Å²) >= 11 is 5.16. The third-order valence-electron chi connectivity index (χ3n) is 2.72. The van der Waals surface area contributed by atoms with Gasteiger partial charge in [-0.15, -0.1) is 0 Å². The van der Waals surface area contributed by atoms with Crippen LogP contribution in [0.3, 0.4) is 0 Å². The second kappa shape index (κ2) is 9.34. The van der Waals surface area contributed by atoms with E-state index >= 15 is 0 Å². The maximum atomic E-state index is 11.6. The molecule has 0 saturated carbocycles. The van der Waals surface area contributed by atoms with Crippen molar-refractivity contribution in [2.75, 3.05) is 11.9 Å². The minimum absolute atomic E-state index is 0.0603. The number of amides is 1. The van der Waals surface area contributed by atoms with Crippen molar-refractivity contribution < 1.29 is 9.53 Å². The van der Waals surface area contributed by atoms with Gasteiger partial charge in [0.2, 0.25) is 5.91 Å². The lowest BCUT2D eigenvalue weighted by Gasteiger charge is -2.15. The van der Waals surface area contributed by atoms with Crippen molar-refractivity contribution in [3.05, 3.63) is 24.3 Å². The van der Waals surface area contributed by atoms with Gasteiger partial charge in [-0.25, -0.2) is 0 Å². The van der Waals surface area contributed by atoms with E-state index in [0.29, 0.717) is 24.1 Å². The number of unbranched alkanes of at least 4 members (excludes halogenated alkanes) is 1. The standard InChI is InChI=1S/C16H24N2O2S/c1-4-5-10-15(19)18-16(21)17-13-8-6-7-9-14(13)20-11-12(2)3/h6-9,12H,4-5,10-11H2,1-3H3,(H2,17,18,19,21). The largest absolute Gasteiger partial charge is 0.491 e. The van der Waals surface area contributed by atoms with Gasteiger partial charge < -0.3 is 15.4 Å². The molecule has 0 aliphatic rings. The molecule has 1 aromatic carbocycles. The first-order valence-corrected chi connectivity index (χ1v) is 7.76. The van der Waals surface area contributed by atoms with Gasteiger partial charge in [0, 0.05) is 6.42 Å². The summed E-state index contributed by atoms with van der Waals surface area (Å²) in [5.74, 6) is 1.12. The first kappa shape index (κ1) is 17.4. The summed E-state index contributed by atoms with van der Waals surface area (Å²) in [7, 11) is 0. The maximum Gasteiger partial charge on any atom is 0.226 e. The van der Waals surface area contributed by atoms with E-state index in [1.807, 2.05) is 31.2 Å². The Morgan fingerprint density at radius 2 is 2.05 bits per heavy atom. The Bertz CT molecular complexity index is 475. The molecule has 0 bridgehead atoms. The Kier molecular flexibility index (Phi) is 7.75. The first-order chi connectivity index (χ1) is 10.0. The lowest BCUT2D eigenvalue weighted by molar-refractivity contribution is -0.119. The van der Waals surface area contributed by atoms with Crippen LogP contribution in [-0.2, 0) is 4.79 Å². The summed E-state index contributed by atoms with van der Waals surface area (Å²) in [6.45, 7) is 6.86. The molecule has 0 saturated heterocycles. The van der Waals surface area contributed by atoms with Crippen molar-refractivity contribution in [3.63, 3.8) is 0 Å². The quantitative estimate of drug-likeness (QED) is 0.754. The second-order valence-corrected chi connectivity index (χ2v) is 5.72. The highest BCUT2D eigenvalue weighted by Gasteiger charge is 2.08. The zero-order chi connectivity index (χ0) is 15.7. The van der Waals surface area contributed by atoms with Crippen LogP contribution in [0.5, 0.6) is 5.75 Å². The molecule has 2 N–H and O–H groups in total. The molecule has 1 rings (SSSR count). The fourth-order valence-corrected chi connectivity index (χ4v) is 1.86. The summed E-state index contributed by atoms with van der Waals surface area (Å²) < 4.78 is 5.73. The second-order valence-electron chi connectivity index (χ2n) is 5.31. The van der Waals surface area contributed by atoms with E-state index in [9.17, 15) is 4.79 Å². The number of carbonyl (C=O) groups excluding carboxylic acids is 1. The number of benzene rings is 1. The van der Waals surface area contributed by atoms with Gasteiger partial charge in [0.25, 0.3) is 0 Å². The Balaban J connectivity index is 2.57. The van der Waals surface area contributed by atoms with Gasteiger partial charge in [-0.1, -0.05) is 39.3 Å². The summed E-state index contributed by atoms with van der Waals surface area (Å²) in [5, 5.41) is 6.00. The van der Waals surface area contributed by atoms with E-state index in [1.54, 1.807) is 0 Å². The van der Waals surface area contributed by atoms with Gasteiger partial charge in [0.15, 0.2) is 5.11 Å². The van der Waals surface area contributed by atoms with Gasteiger partial charge in [-0.05, 0) is 36.7 Å².